The summed E-state index contributed by atoms with van der Waals surface area (Å²) >= 11 is 3.03. The van der Waals surface area contributed by atoms with Gasteiger partial charge >= 0.3 is 0 Å². The van der Waals surface area contributed by atoms with Crippen molar-refractivity contribution in [3.63, 3.8) is 0 Å². The van der Waals surface area contributed by atoms with Gasteiger partial charge in [0, 0.05) is 26.2 Å². The van der Waals surface area contributed by atoms with Gasteiger partial charge in [0.2, 0.25) is 0 Å². The van der Waals surface area contributed by atoms with E-state index in [0.29, 0.717) is 13.1 Å². The highest BCUT2D eigenvalue weighted by atomic mass is 79.9. The third kappa shape index (κ3) is 2.80. The average Bonchev–Trinajstić information content (AvgIpc) is 2.42. The zero-order valence-electron chi connectivity index (χ0n) is 10.3. The van der Waals surface area contributed by atoms with Gasteiger partial charge in [-0.3, -0.25) is 4.90 Å². The minimum Gasteiger partial charge on any atom is -0.506 e. The molecule has 1 atom stereocenters. The molecule has 1 aromatic rings. The van der Waals surface area contributed by atoms with E-state index in [9.17, 15) is 13.9 Å². The highest BCUT2D eigenvalue weighted by Gasteiger charge is 2.28. The molecule has 3 nitrogen and oxygen atoms in total. The van der Waals surface area contributed by atoms with Crippen LogP contribution in [0.4, 0.5) is 8.78 Å². The molecule has 0 spiro atoms. The first kappa shape index (κ1) is 14.4. The molecule has 1 heterocycles. The Balaban J connectivity index is 2.45. The van der Waals surface area contributed by atoms with E-state index in [-0.39, 0.29) is 15.8 Å². The molecule has 0 aromatic heterocycles. The average molecular weight is 333 g/mol. The molecule has 2 N–H and O–H groups in total. The topological polar surface area (TPSA) is 35.5 Å². The van der Waals surface area contributed by atoms with Crippen LogP contribution >= 0.6 is 15.9 Å². The molecule has 1 aromatic carbocycles. The maximum absolute atomic E-state index is 14.0. The van der Waals surface area contributed by atoms with Crippen molar-refractivity contribution in [2.24, 2.45) is 0 Å². The van der Waals surface area contributed by atoms with Crippen molar-refractivity contribution in [2.45, 2.75) is 6.04 Å². The van der Waals surface area contributed by atoms with E-state index < -0.39 is 17.7 Å². The highest BCUT2D eigenvalue weighted by Crippen LogP contribution is 2.38. The zero-order valence-corrected chi connectivity index (χ0v) is 11.9. The third-order valence-corrected chi connectivity index (χ3v) is 3.85. The van der Waals surface area contributed by atoms with E-state index in [0.717, 1.165) is 19.2 Å². The lowest BCUT2D eigenvalue weighted by molar-refractivity contribution is 0.196. The number of aromatic hydroxyl groups is 1. The number of piperazine rings is 1. The molecule has 0 saturated carbocycles. The van der Waals surface area contributed by atoms with E-state index in [4.69, 9.17) is 0 Å². The molecular formula is C13H15BrF2N2O. The summed E-state index contributed by atoms with van der Waals surface area (Å²) in [5.41, 5.74) is -0.0659. The monoisotopic (exact) mass is 332 g/mol. The largest absolute Gasteiger partial charge is 0.506 e. The van der Waals surface area contributed by atoms with Crippen LogP contribution in [0.15, 0.2) is 23.2 Å². The minimum absolute atomic E-state index is 0.0659. The maximum atomic E-state index is 14.0. The summed E-state index contributed by atoms with van der Waals surface area (Å²) in [5, 5.41) is 13.2. The van der Waals surface area contributed by atoms with Gasteiger partial charge in [0.05, 0.1) is 16.1 Å². The van der Waals surface area contributed by atoms with Gasteiger partial charge < -0.3 is 10.4 Å². The molecule has 0 radical (unpaired) electrons. The van der Waals surface area contributed by atoms with Crippen LogP contribution in [0, 0.1) is 11.6 Å². The predicted molar refractivity (Wildman–Crippen MR) is 73.1 cm³/mol. The molecule has 1 fully saturated rings. The van der Waals surface area contributed by atoms with Gasteiger partial charge in [-0.1, -0.05) is 6.08 Å². The van der Waals surface area contributed by atoms with Gasteiger partial charge in [0.25, 0.3) is 0 Å². The van der Waals surface area contributed by atoms with Gasteiger partial charge in [-0.05, 0) is 22.0 Å². The quantitative estimate of drug-likeness (QED) is 0.659. The van der Waals surface area contributed by atoms with Gasteiger partial charge in [-0.15, -0.1) is 6.58 Å². The first-order valence-electron chi connectivity index (χ1n) is 6.00. The second kappa shape index (κ2) is 5.98. The molecule has 1 aliphatic heterocycles. The number of phenols is 1. The minimum atomic E-state index is -1.02. The lowest BCUT2D eigenvalue weighted by atomic mass is 10.0. The lowest BCUT2D eigenvalue weighted by Crippen LogP contribution is -2.44. The Morgan fingerprint density at radius 2 is 2.05 bits per heavy atom. The summed E-state index contributed by atoms with van der Waals surface area (Å²) in [5.74, 6) is -2.28. The van der Waals surface area contributed by atoms with Gasteiger partial charge in [-0.2, -0.15) is 0 Å². The third-order valence-electron chi connectivity index (χ3n) is 3.24. The molecule has 0 unspecified atom stereocenters. The molecule has 2 rings (SSSR count). The van der Waals surface area contributed by atoms with Crippen LogP contribution in [0.1, 0.15) is 11.6 Å². The van der Waals surface area contributed by atoms with Crippen LogP contribution in [-0.2, 0) is 0 Å². The smallest absolute Gasteiger partial charge is 0.167 e. The Kier molecular flexibility index (Phi) is 4.54. The van der Waals surface area contributed by atoms with Gasteiger partial charge in [0.1, 0.15) is 5.75 Å². The fourth-order valence-corrected chi connectivity index (χ4v) is 2.70. The van der Waals surface area contributed by atoms with Gasteiger partial charge in [0.15, 0.2) is 11.6 Å². The number of rotatable bonds is 3. The number of halogens is 3. The van der Waals surface area contributed by atoms with Crippen molar-refractivity contribution in [2.75, 3.05) is 26.2 Å². The number of hydrogen-bond acceptors (Lipinski definition) is 3. The SMILES string of the molecule is C=C[C@H](c1c(O)c(Br)cc(F)c1F)N1CCNCC1. The first-order chi connectivity index (χ1) is 9.06. The molecular weight excluding hydrogens is 318 g/mol. The summed E-state index contributed by atoms with van der Waals surface area (Å²) in [7, 11) is 0. The fourth-order valence-electron chi connectivity index (χ4n) is 2.28. The van der Waals surface area contributed by atoms with Crippen LogP contribution in [0.3, 0.4) is 0 Å². The van der Waals surface area contributed by atoms with E-state index in [2.05, 4.69) is 27.8 Å². The number of nitrogens with one attached hydrogen (secondary N) is 1. The van der Waals surface area contributed by atoms with Crippen molar-refractivity contribution in [1.29, 1.82) is 0 Å². The van der Waals surface area contributed by atoms with Gasteiger partial charge in [-0.25, -0.2) is 8.78 Å². The summed E-state index contributed by atoms with van der Waals surface area (Å²) < 4.78 is 27.6. The maximum Gasteiger partial charge on any atom is 0.167 e. The lowest BCUT2D eigenvalue weighted by Gasteiger charge is -2.34. The number of hydrogen-bond donors (Lipinski definition) is 2. The first-order valence-corrected chi connectivity index (χ1v) is 6.79. The zero-order chi connectivity index (χ0) is 14.0. The molecule has 0 bridgehead atoms. The van der Waals surface area contributed by atoms with Crippen molar-refractivity contribution in [3.8, 4) is 5.75 Å². The van der Waals surface area contributed by atoms with Crippen molar-refractivity contribution >= 4 is 15.9 Å². The molecule has 1 saturated heterocycles. The molecule has 19 heavy (non-hydrogen) atoms. The van der Waals surface area contributed by atoms with E-state index in [1.165, 1.54) is 6.08 Å². The van der Waals surface area contributed by atoms with E-state index >= 15 is 0 Å². The summed E-state index contributed by atoms with van der Waals surface area (Å²) in [6.45, 7) is 6.58. The molecule has 0 amide bonds. The Morgan fingerprint density at radius 1 is 1.42 bits per heavy atom. The van der Waals surface area contributed by atoms with E-state index in [1.54, 1.807) is 0 Å². The van der Waals surface area contributed by atoms with Crippen molar-refractivity contribution < 1.29 is 13.9 Å². The molecule has 104 valence electrons. The normalized spacial score (nSPS) is 18.3. The van der Waals surface area contributed by atoms with Crippen LogP contribution in [0.5, 0.6) is 5.75 Å². The summed E-state index contributed by atoms with van der Waals surface area (Å²) in [4.78, 5) is 1.95. The number of phenolic OH excluding ortho intramolecular Hbond substituents is 1. The van der Waals surface area contributed by atoms with Crippen LogP contribution < -0.4 is 5.32 Å². The molecule has 0 aliphatic carbocycles. The predicted octanol–water partition coefficient (Wildman–Crippen LogP) is 2.57. The second-order valence-corrected chi connectivity index (χ2v) is 5.24. The highest BCUT2D eigenvalue weighted by molar-refractivity contribution is 9.10. The van der Waals surface area contributed by atoms with Crippen LogP contribution in [0.2, 0.25) is 0 Å². The fraction of sp³-hybridized carbons (Fsp3) is 0.385. The Morgan fingerprint density at radius 3 is 2.63 bits per heavy atom. The Bertz CT molecular complexity index is 464. The Hall–Kier alpha value is -0.980. The van der Waals surface area contributed by atoms with Crippen molar-refractivity contribution in [1.82, 2.24) is 10.2 Å². The molecule has 6 heteroatoms. The van der Waals surface area contributed by atoms with E-state index in [1.807, 2.05) is 4.90 Å². The van der Waals surface area contributed by atoms with Crippen LogP contribution in [-0.4, -0.2) is 36.2 Å². The second-order valence-electron chi connectivity index (χ2n) is 4.38. The standard InChI is InChI=1S/C13H15BrF2N2O/c1-2-10(18-5-3-17-4-6-18)11-12(16)9(15)7-8(14)13(11)19/h2,7,10,17,19H,1,3-6H2/t10-/m1/s1. The molecule has 1 aliphatic rings. The number of nitrogens with zero attached hydrogens (tertiary/aromatic N) is 1. The summed E-state index contributed by atoms with van der Waals surface area (Å²) in [6.07, 6.45) is 1.52. The summed E-state index contributed by atoms with van der Waals surface area (Å²) in [6, 6.07) is 0.376. The number of benzene rings is 1. The Labute approximate surface area is 119 Å². The van der Waals surface area contributed by atoms with Crippen LogP contribution in [0.25, 0.3) is 0 Å². The van der Waals surface area contributed by atoms with Crippen molar-refractivity contribution in [3.05, 3.63) is 40.4 Å².